The molecule has 1 saturated heterocycles. The van der Waals surface area contributed by atoms with E-state index in [0.717, 1.165) is 18.6 Å². The van der Waals surface area contributed by atoms with Crippen LogP contribution in [0.1, 0.15) is 18.4 Å². The molecule has 0 unspecified atom stereocenters. The third-order valence-electron chi connectivity index (χ3n) is 3.05. The van der Waals surface area contributed by atoms with Crippen LogP contribution >= 0.6 is 0 Å². The van der Waals surface area contributed by atoms with E-state index in [4.69, 9.17) is 5.21 Å². The summed E-state index contributed by atoms with van der Waals surface area (Å²) < 4.78 is 39.9. The largest absolute Gasteiger partial charge is 0.573 e. The zero-order valence-corrected chi connectivity index (χ0v) is 10.9. The van der Waals surface area contributed by atoms with Gasteiger partial charge in [-0.2, -0.15) is 0 Å². The highest BCUT2D eigenvalue weighted by molar-refractivity contribution is 6.03. The predicted molar refractivity (Wildman–Crippen MR) is 67.3 cm³/mol. The summed E-state index contributed by atoms with van der Waals surface area (Å²) >= 11 is 0. The van der Waals surface area contributed by atoms with Gasteiger partial charge in [0.05, 0.1) is 6.54 Å². The topological polar surface area (TPSA) is 62.1 Å². The first-order chi connectivity index (χ1) is 9.89. The van der Waals surface area contributed by atoms with Gasteiger partial charge in [-0.05, 0) is 30.7 Å². The number of amides is 1. The van der Waals surface area contributed by atoms with Crippen molar-refractivity contribution in [3.05, 3.63) is 29.8 Å². The fourth-order valence-electron chi connectivity index (χ4n) is 2.08. The third-order valence-corrected chi connectivity index (χ3v) is 3.05. The van der Waals surface area contributed by atoms with Crippen molar-refractivity contribution in [2.24, 2.45) is 5.16 Å². The maximum Gasteiger partial charge on any atom is 0.573 e. The number of hydrogen-bond acceptors (Lipinski definition) is 4. The number of alkyl halides is 3. The van der Waals surface area contributed by atoms with Crippen molar-refractivity contribution in [1.29, 1.82) is 0 Å². The molecular weight excluding hydrogens is 289 g/mol. The first-order valence-corrected chi connectivity index (χ1v) is 6.24. The van der Waals surface area contributed by atoms with Gasteiger partial charge in [0.2, 0.25) is 5.91 Å². The average molecular weight is 302 g/mol. The molecule has 1 fully saturated rings. The Balaban J connectivity index is 2.07. The number of rotatable bonds is 4. The highest BCUT2D eigenvalue weighted by Crippen LogP contribution is 2.23. The van der Waals surface area contributed by atoms with Gasteiger partial charge in [0.25, 0.3) is 0 Å². The summed E-state index contributed by atoms with van der Waals surface area (Å²) in [6, 6.07) is 4.94. The Labute approximate surface area is 118 Å². The van der Waals surface area contributed by atoms with E-state index >= 15 is 0 Å². The van der Waals surface area contributed by atoms with Gasteiger partial charge in [0.1, 0.15) is 11.5 Å². The lowest BCUT2D eigenvalue weighted by Crippen LogP contribution is -2.31. The molecule has 1 aliphatic heterocycles. The Morgan fingerprint density at radius 3 is 2.48 bits per heavy atom. The molecule has 0 aromatic heterocycles. The molecule has 1 amide bonds. The lowest BCUT2D eigenvalue weighted by atomic mass is 10.1. The summed E-state index contributed by atoms with van der Waals surface area (Å²) in [6.45, 7) is 0.696. The molecule has 0 saturated carbocycles. The quantitative estimate of drug-likeness (QED) is 0.528. The molecule has 2 rings (SSSR count). The summed E-state index contributed by atoms with van der Waals surface area (Å²) in [5.74, 6) is -0.394. The van der Waals surface area contributed by atoms with E-state index in [9.17, 15) is 18.0 Å². The van der Waals surface area contributed by atoms with Crippen LogP contribution in [-0.2, 0) is 4.79 Å². The third kappa shape index (κ3) is 4.11. The summed E-state index contributed by atoms with van der Waals surface area (Å²) in [5, 5.41) is 12.1. The van der Waals surface area contributed by atoms with Crippen molar-refractivity contribution >= 4 is 11.6 Å². The Kier molecular flexibility index (Phi) is 4.35. The molecule has 114 valence electrons. The van der Waals surface area contributed by atoms with Gasteiger partial charge >= 0.3 is 6.36 Å². The standard InChI is InChI=1S/C13H13F3N2O3/c14-13(15,16)21-10-5-3-9(4-6-10)11(17-20)8-18-7-1-2-12(18)19/h3-6,20H,1-2,7-8H2/b17-11-. The van der Waals surface area contributed by atoms with Gasteiger partial charge in [0, 0.05) is 18.5 Å². The number of carbonyl (C=O) groups excluding carboxylic acids is 1. The van der Waals surface area contributed by atoms with E-state index in [1.807, 2.05) is 0 Å². The number of halogens is 3. The smallest absolute Gasteiger partial charge is 0.411 e. The molecule has 0 bridgehead atoms. The molecule has 0 atom stereocenters. The van der Waals surface area contributed by atoms with Crippen LogP contribution in [0.3, 0.4) is 0 Å². The van der Waals surface area contributed by atoms with Crippen LogP contribution in [-0.4, -0.2) is 41.2 Å². The monoisotopic (exact) mass is 302 g/mol. The maximum atomic E-state index is 12.1. The molecule has 1 aromatic rings. The number of carbonyl (C=O) groups is 1. The van der Waals surface area contributed by atoms with Gasteiger partial charge in [-0.1, -0.05) is 5.16 Å². The highest BCUT2D eigenvalue weighted by atomic mass is 19.4. The first-order valence-electron chi connectivity index (χ1n) is 6.24. The first kappa shape index (κ1) is 15.1. The second-order valence-electron chi connectivity index (χ2n) is 4.54. The van der Waals surface area contributed by atoms with Crippen LogP contribution in [0.15, 0.2) is 29.4 Å². The van der Waals surface area contributed by atoms with Crippen molar-refractivity contribution in [1.82, 2.24) is 4.90 Å². The van der Waals surface area contributed by atoms with E-state index in [-0.39, 0.29) is 23.9 Å². The molecular formula is C13H13F3N2O3. The lowest BCUT2D eigenvalue weighted by molar-refractivity contribution is -0.274. The zero-order chi connectivity index (χ0) is 15.5. The van der Waals surface area contributed by atoms with Crippen LogP contribution in [0, 0.1) is 0 Å². The second kappa shape index (κ2) is 6.02. The van der Waals surface area contributed by atoms with Gasteiger partial charge in [0.15, 0.2) is 0 Å². The number of nitrogens with zero attached hydrogens (tertiary/aromatic N) is 2. The van der Waals surface area contributed by atoms with Crippen LogP contribution in [0.25, 0.3) is 0 Å². The van der Waals surface area contributed by atoms with Crippen LogP contribution in [0.2, 0.25) is 0 Å². The molecule has 0 radical (unpaired) electrons. The SMILES string of the molecule is O=C1CCCN1C/C(=N/O)c1ccc(OC(F)(F)F)cc1. The Morgan fingerprint density at radius 1 is 1.33 bits per heavy atom. The van der Waals surface area contributed by atoms with Gasteiger partial charge in [-0.25, -0.2) is 0 Å². The molecule has 1 aromatic carbocycles. The zero-order valence-electron chi connectivity index (χ0n) is 10.9. The summed E-state index contributed by atoms with van der Waals surface area (Å²) in [4.78, 5) is 13.0. The molecule has 0 spiro atoms. The van der Waals surface area contributed by atoms with E-state index in [1.165, 1.54) is 17.0 Å². The fourth-order valence-corrected chi connectivity index (χ4v) is 2.08. The van der Waals surface area contributed by atoms with Gasteiger partial charge in [-0.15, -0.1) is 13.2 Å². The Bertz CT molecular complexity index is 541. The average Bonchev–Trinajstić information content (AvgIpc) is 2.81. The fraction of sp³-hybridized carbons (Fsp3) is 0.385. The Morgan fingerprint density at radius 2 is 2.00 bits per heavy atom. The molecule has 0 aliphatic carbocycles. The molecule has 21 heavy (non-hydrogen) atoms. The predicted octanol–water partition coefficient (Wildman–Crippen LogP) is 2.39. The van der Waals surface area contributed by atoms with Crippen LogP contribution in [0.4, 0.5) is 13.2 Å². The van der Waals surface area contributed by atoms with E-state index < -0.39 is 6.36 Å². The Hall–Kier alpha value is -2.25. The van der Waals surface area contributed by atoms with Crippen molar-refractivity contribution in [2.75, 3.05) is 13.1 Å². The van der Waals surface area contributed by atoms with E-state index in [0.29, 0.717) is 18.5 Å². The van der Waals surface area contributed by atoms with Crippen molar-refractivity contribution < 1.29 is 27.9 Å². The molecule has 1 N–H and O–H groups in total. The van der Waals surface area contributed by atoms with Crippen molar-refractivity contribution in [3.8, 4) is 5.75 Å². The number of ether oxygens (including phenoxy) is 1. The van der Waals surface area contributed by atoms with Crippen LogP contribution in [0.5, 0.6) is 5.75 Å². The number of hydrogen-bond donors (Lipinski definition) is 1. The molecule has 1 heterocycles. The molecule has 5 nitrogen and oxygen atoms in total. The van der Waals surface area contributed by atoms with Crippen molar-refractivity contribution in [3.63, 3.8) is 0 Å². The number of likely N-dealkylation sites (tertiary alicyclic amines) is 1. The maximum absolute atomic E-state index is 12.1. The number of oxime groups is 1. The lowest BCUT2D eigenvalue weighted by Gasteiger charge is -2.16. The van der Waals surface area contributed by atoms with E-state index in [1.54, 1.807) is 0 Å². The van der Waals surface area contributed by atoms with Gasteiger partial charge < -0.3 is 14.8 Å². The number of benzene rings is 1. The second-order valence-corrected chi connectivity index (χ2v) is 4.54. The summed E-state index contributed by atoms with van der Waals surface area (Å²) in [7, 11) is 0. The normalized spacial score (nSPS) is 16.4. The van der Waals surface area contributed by atoms with Crippen molar-refractivity contribution in [2.45, 2.75) is 19.2 Å². The molecule has 1 aliphatic rings. The van der Waals surface area contributed by atoms with Crippen LogP contribution < -0.4 is 4.74 Å². The molecule has 8 heteroatoms. The minimum atomic E-state index is -4.75. The minimum Gasteiger partial charge on any atom is -0.411 e. The summed E-state index contributed by atoms with van der Waals surface area (Å²) in [5.41, 5.74) is 0.635. The van der Waals surface area contributed by atoms with E-state index in [2.05, 4.69) is 9.89 Å². The minimum absolute atomic E-state index is 0.0341. The van der Waals surface area contributed by atoms with Gasteiger partial charge in [-0.3, -0.25) is 4.79 Å². The summed E-state index contributed by atoms with van der Waals surface area (Å²) in [6.07, 6.45) is -3.55. The highest BCUT2D eigenvalue weighted by Gasteiger charge is 2.31.